The first-order valence-electron chi connectivity index (χ1n) is 11.1. The van der Waals surface area contributed by atoms with E-state index in [0.29, 0.717) is 18.8 Å². The smallest absolute Gasteiger partial charge is 0.251 e. The Morgan fingerprint density at radius 2 is 1.62 bits per heavy atom. The predicted octanol–water partition coefficient (Wildman–Crippen LogP) is 3.55. The van der Waals surface area contributed by atoms with Crippen LogP contribution in [0.4, 0.5) is 5.69 Å². The van der Waals surface area contributed by atoms with Crippen LogP contribution in [0.2, 0.25) is 0 Å². The predicted molar refractivity (Wildman–Crippen MR) is 134 cm³/mol. The molecule has 5 rings (SSSR count). The van der Waals surface area contributed by atoms with Crippen LogP contribution in [0.5, 0.6) is 0 Å². The summed E-state index contributed by atoms with van der Waals surface area (Å²) in [7, 11) is -3.63. The maximum absolute atomic E-state index is 13.4. The number of anilines is 1. The molecule has 34 heavy (non-hydrogen) atoms. The van der Waals surface area contributed by atoms with Crippen LogP contribution in [0, 0.1) is 6.92 Å². The van der Waals surface area contributed by atoms with Crippen molar-refractivity contribution in [2.75, 3.05) is 31.1 Å². The second kappa shape index (κ2) is 8.88. The summed E-state index contributed by atoms with van der Waals surface area (Å²) < 4.78 is 28.6. The summed E-state index contributed by atoms with van der Waals surface area (Å²) in [4.78, 5) is 29.8. The van der Waals surface area contributed by atoms with E-state index in [1.807, 2.05) is 48.2 Å². The molecule has 7 nitrogen and oxygen atoms in total. The third-order valence-electron chi connectivity index (χ3n) is 6.61. The topological polar surface area (TPSA) is 78.0 Å². The Hall–Kier alpha value is -2.59. The highest BCUT2D eigenvalue weighted by atomic mass is 79.9. The number of aryl methyl sites for hydroxylation is 1. The first kappa shape index (κ1) is 23.2. The molecule has 0 aliphatic carbocycles. The first-order chi connectivity index (χ1) is 16.3. The maximum atomic E-state index is 13.4. The van der Waals surface area contributed by atoms with Crippen molar-refractivity contribution in [3.63, 3.8) is 0 Å². The Bertz CT molecular complexity index is 1400. The van der Waals surface area contributed by atoms with Gasteiger partial charge >= 0.3 is 0 Å². The number of hydrogen-bond acceptors (Lipinski definition) is 5. The largest absolute Gasteiger partial charge is 0.289 e. The molecule has 2 heterocycles. The minimum Gasteiger partial charge on any atom is -0.289 e. The van der Waals surface area contributed by atoms with Gasteiger partial charge in [-0.3, -0.25) is 14.5 Å². The average molecular weight is 542 g/mol. The molecule has 2 fully saturated rings. The Balaban J connectivity index is 1.32. The van der Waals surface area contributed by atoms with Crippen LogP contribution in [0.15, 0.2) is 70.0 Å². The summed E-state index contributed by atoms with van der Waals surface area (Å²) in [6.45, 7) is 3.17. The van der Waals surface area contributed by atoms with E-state index >= 15 is 0 Å². The molecule has 0 spiro atoms. The van der Waals surface area contributed by atoms with Crippen molar-refractivity contribution < 1.29 is 18.0 Å². The molecule has 0 N–H and O–H groups in total. The highest BCUT2D eigenvalue weighted by Crippen LogP contribution is 2.32. The van der Waals surface area contributed by atoms with Crippen molar-refractivity contribution in [1.29, 1.82) is 0 Å². The number of piperazine rings is 1. The van der Waals surface area contributed by atoms with Gasteiger partial charge in [-0.1, -0.05) is 52.3 Å². The molecule has 2 aliphatic rings. The monoisotopic (exact) mass is 541 g/mol. The minimum absolute atomic E-state index is 0.0979. The number of sulfonamides is 1. The maximum Gasteiger partial charge on any atom is 0.251 e. The number of halogens is 1. The van der Waals surface area contributed by atoms with E-state index in [4.69, 9.17) is 0 Å². The fourth-order valence-electron chi connectivity index (χ4n) is 4.74. The van der Waals surface area contributed by atoms with Crippen molar-refractivity contribution >= 4 is 54.2 Å². The zero-order valence-corrected chi connectivity index (χ0v) is 21.0. The summed E-state index contributed by atoms with van der Waals surface area (Å²) in [5, 5.41) is 1.82. The van der Waals surface area contributed by atoms with Crippen LogP contribution < -0.4 is 4.90 Å². The second-order valence-corrected chi connectivity index (χ2v) is 11.4. The lowest BCUT2D eigenvalue weighted by atomic mass is 10.1. The number of imide groups is 1. The minimum atomic E-state index is -3.63. The van der Waals surface area contributed by atoms with Crippen LogP contribution in [0.25, 0.3) is 10.8 Å². The normalized spacial score (nSPS) is 20.4. The first-order valence-corrected chi connectivity index (χ1v) is 13.4. The van der Waals surface area contributed by atoms with Crippen molar-refractivity contribution in [1.82, 2.24) is 9.21 Å². The number of carbonyl (C=O) groups excluding carboxylic acids is 2. The van der Waals surface area contributed by atoms with Crippen LogP contribution >= 0.6 is 15.9 Å². The number of nitrogens with zero attached hydrogens (tertiary/aromatic N) is 3. The number of carbonyl (C=O) groups is 2. The van der Waals surface area contributed by atoms with Gasteiger partial charge in [-0.25, -0.2) is 13.3 Å². The number of hydrogen-bond donors (Lipinski definition) is 0. The van der Waals surface area contributed by atoms with E-state index in [9.17, 15) is 18.0 Å². The molecule has 3 aromatic rings. The zero-order valence-electron chi connectivity index (χ0n) is 18.6. The Morgan fingerprint density at radius 3 is 2.35 bits per heavy atom. The number of fused-ring (bicyclic) bond motifs is 1. The Morgan fingerprint density at radius 1 is 0.912 bits per heavy atom. The van der Waals surface area contributed by atoms with E-state index in [0.717, 1.165) is 20.8 Å². The molecule has 0 saturated carbocycles. The molecular weight excluding hydrogens is 518 g/mol. The van der Waals surface area contributed by atoms with E-state index in [-0.39, 0.29) is 36.2 Å². The number of amides is 2. The van der Waals surface area contributed by atoms with Crippen LogP contribution in [-0.2, 0) is 19.6 Å². The van der Waals surface area contributed by atoms with E-state index in [1.165, 1.54) is 9.21 Å². The highest BCUT2D eigenvalue weighted by Gasteiger charge is 2.44. The summed E-state index contributed by atoms with van der Waals surface area (Å²) >= 11 is 3.40. The fourth-order valence-corrected chi connectivity index (χ4v) is 6.49. The summed E-state index contributed by atoms with van der Waals surface area (Å²) in [6, 6.07) is 17.7. The van der Waals surface area contributed by atoms with E-state index in [1.54, 1.807) is 24.3 Å². The molecule has 9 heteroatoms. The van der Waals surface area contributed by atoms with Gasteiger partial charge in [0.15, 0.2) is 0 Å². The average Bonchev–Trinajstić information content (AvgIpc) is 3.14. The van der Waals surface area contributed by atoms with E-state index < -0.39 is 16.1 Å². The van der Waals surface area contributed by atoms with Crippen LogP contribution in [0.1, 0.15) is 12.0 Å². The van der Waals surface area contributed by atoms with Gasteiger partial charge in [0.1, 0.15) is 0 Å². The third kappa shape index (κ3) is 3.96. The van der Waals surface area contributed by atoms with Gasteiger partial charge in [0.05, 0.1) is 23.0 Å². The number of rotatable bonds is 4. The molecular formula is C25H24BrN3O4S. The zero-order chi connectivity index (χ0) is 24.0. The highest BCUT2D eigenvalue weighted by molar-refractivity contribution is 9.10. The SMILES string of the molecule is Cc1cc(S(=O)(=O)N2CCN([C@@H]3CC(=O)N(c4cccc5ccccc45)C3=O)CC2)ccc1Br. The van der Waals surface area contributed by atoms with Gasteiger partial charge in [0.25, 0.3) is 5.91 Å². The molecule has 176 valence electrons. The summed E-state index contributed by atoms with van der Waals surface area (Å²) in [5.41, 5.74) is 1.45. The second-order valence-electron chi connectivity index (χ2n) is 8.64. The van der Waals surface area contributed by atoms with Crippen LogP contribution in [0.3, 0.4) is 0 Å². The standard InChI is InChI=1S/C25H24BrN3O4S/c1-17-15-19(9-10-21(17)26)34(32,33)28-13-11-27(12-14-28)23-16-24(30)29(25(23)31)22-8-4-6-18-5-2-3-7-20(18)22/h2-10,15,23H,11-14,16H2,1H3/t23-/m1/s1. The molecule has 2 aliphatic heterocycles. The third-order valence-corrected chi connectivity index (χ3v) is 9.40. The lowest BCUT2D eigenvalue weighted by Crippen LogP contribution is -2.53. The van der Waals surface area contributed by atoms with E-state index in [2.05, 4.69) is 15.9 Å². The molecule has 3 aromatic carbocycles. The summed E-state index contributed by atoms with van der Waals surface area (Å²) in [6.07, 6.45) is 0.0979. The van der Waals surface area contributed by atoms with Crippen molar-refractivity contribution in [3.05, 3.63) is 70.7 Å². The Labute approximate surface area is 207 Å². The van der Waals surface area contributed by atoms with Gasteiger partial charge in [-0.05, 0) is 42.1 Å². The van der Waals surface area contributed by atoms with Gasteiger partial charge < -0.3 is 0 Å². The molecule has 1 atom stereocenters. The van der Waals surface area contributed by atoms with Crippen molar-refractivity contribution in [3.8, 4) is 0 Å². The lowest BCUT2D eigenvalue weighted by molar-refractivity contribution is -0.123. The van der Waals surface area contributed by atoms with Crippen molar-refractivity contribution in [2.24, 2.45) is 0 Å². The molecule has 0 radical (unpaired) electrons. The van der Waals surface area contributed by atoms with Crippen LogP contribution in [-0.4, -0.2) is 61.7 Å². The van der Waals surface area contributed by atoms with Gasteiger partial charge in [-0.15, -0.1) is 0 Å². The van der Waals surface area contributed by atoms with Gasteiger partial charge in [0, 0.05) is 36.0 Å². The fraction of sp³-hybridized carbons (Fsp3) is 0.280. The molecule has 2 saturated heterocycles. The summed E-state index contributed by atoms with van der Waals surface area (Å²) in [5.74, 6) is -0.479. The molecule has 0 aromatic heterocycles. The molecule has 0 bridgehead atoms. The Kier molecular flexibility index (Phi) is 6.05. The molecule has 0 unspecified atom stereocenters. The number of benzene rings is 3. The lowest BCUT2D eigenvalue weighted by Gasteiger charge is -2.36. The quantitative estimate of drug-likeness (QED) is 0.472. The van der Waals surface area contributed by atoms with Gasteiger partial charge in [0.2, 0.25) is 15.9 Å². The van der Waals surface area contributed by atoms with Crippen molar-refractivity contribution in [2.45, 2.75) is 24.3 Å². The van der Waals surface area contributed by atoms with Gasteiger partial charge in [-0.2, -0.15) is 4.31 Å². The molecule has 2 amide bonds.